The number of nitrogens with one attached hydrogen (secondary N) is 1. The molecular formula is C45H42F3N7O6. The molecule has 2 aromatic heterocycles. The average Bonchev–Trinajstić information content (AvgIpc) is 4.07. The van der Waals surface area contributed by atoms with Gasteiger partial charge in [0.2, 0.25) is 29.3 Å². The summed E-state index contributed by atoms with van der Waals surface area (Å²) in [6.07, 6.45) is -1.41. The van der Waals surface area contributed by atoms with E-state index in [9.17, 15) is 33.1 Å². The summed E-state index contributed by atoms with van der Waals surface area (Å²) in [6.45, 7) is 4.21. The first kappa shape index (κ1) is 39.1. The molecule has 5 heterocycles. The van der Waals surface area contributed by atoms with Crippen LogP contribution in [0.3, 0.4) is 0 Å². The number of alkyl halides is 3. The molecule has 3 atom stereocenters. The number of amides is 1. The van der Waals surface area contributed by atoms with Gasteiger partial charge in [-0.15, -0.1) is 0 Å². The maximum atomic E-state index is 14.6. The first-order valence-corrected chi connectivity index (χ1v) is 20.6. The maximum absolute atomic E-state index is 14.6. The van der Waals surface area contributed by atoms with Gasteiger partial charge in [-0.05, 0) is 103 Å². The number of nitriles is 1. The first-order chi connectivity index (χ1) is 29.3. The Morgan fingerprint density at radius 2 is 1.79 bits per heavy atom. The Balaban J connectivity index is 0.930. The third-order valence-electron chi connectivity index (χ3n) is 13.3. The van der Waals surface area contributed by atoms with E-state index >= 15 is 0 Å². The van der Waals surface area contributed by atoms with Crippen molar-refractivity contribution in [2.45, 2.75) is 82.3 Å². The number of likely N-dealkylation sites (tertiary alicyclic amines) is 2. The van der Waals surface area contributed by atoms with Gasteiger partial charge in [-0.1, -0.05) is 30.3 Å². The molecule has 3 aromatic carbocycles. The summed E-state index contributed by atoms with van der Waals surface area (Å²) in [4.78, 5) is 40.8. The topological polar surface area (TPSA) is 167 Å². The Kier molecular flexibility index (Phi) is 9.33. The van der Waals surface area contributed by atoms with Crippen LogP contribution < -0.4 is 14.8 Å². The normalized spacial score (nSPS) is 22.0. The van der Waals surface area contributed by atoms with Crippen molar-refractivity contribution >= 4 is 23.0 Å². The second-order valence-corrected chi connectivity index (χ2v) is 17.0. The van der Waals surface area contributed by atoms with Gasteiger partial charge in [-0.2, -0.15) is 23.4 Å². The number of oxazole rings is 1. The fourth-order valence-electron chi connectivity index (χ4n) is 10.4. The van der Waals surface area contributed by atoms with Crippen molar-refractivity contribution in [3.63, 3.8) is 0 Å². The van der Waals surface area contributed by atoms with Crippen molar-refractivity contribution in [1.29, 1.82) is 5.26 Å². The van der Waals surface area contributed by atoms with Gasteiger partial charge in [0.1, 0.15) is 28.9 Å². The largest absolute Gasteiger partial charge is 0.481 e. The lowest BCUT2D eigenvalue weighted by Gasteiger charge is -2.47. The number of aliphatic carboxylic acids is 1. The number of halogens is 3. The monoisotopic (exact) mass is 833 g/mol. The van der Waals surface area contributed by atoms with Gasteiger partial charge in [-0.25, -0.2) is 9.97 Å². The molecule has 314 valence electrons. The van der Waals surface area contributed by atoms with E-state index in [0.717, 1.165) is 50.9 Å². The van der Waals surface area contributed by atoms with E-state index in [0.29, 0.717) is 87.3 Å². The van der Waals surface area contributed by atoms with E-state index in [1.807, 2.05) is 54.3 Å². The number of carboxylic acids is 1. The molecule has 13 nitrogen and oxygen atoms in total. The Morgan fingerprint density at radius 1 is 1.02 bits per heavy atom. The summed E-state index contributed by atoms with van der Waals surface area (Å²) in [5.41, 5.74) is 6.96. The molecule has 3 aliphatic heterocycles. The summed E-state index contributed by atoms with van der Waals surface area (Å²) in [5, 5.41) is 22.9. The molecule has 5 aromatic rings. The van der Waals surface area contributed by atoms with E-state index < -0.39 is 35.7 Å². The van der Waals surface area contributed by atoms with Crippen LogP contribution in [0.25, 0.3) is 33.7 Å². The number of methoxy groups -OCH3 is 1. The van der Waals surface area contributed by atoms with Crippen LogP contribution in [0.4, 0.5) is 13.2 Å². The number of rotatable bonds is 9. The molecule has 0 bridgehead atoms. The minimum absolute atomic E-state index is 0.00907. The van der Waals surface area contributed by atoms with E-state index in [-0.39, 0.29) is 35.6 Å². The predicted octanol–water partition coefficient (Wildman–Crippen LogP) is 7.08. The fourth-order valence-corrected chi connectivity index (χ4v) is 10.4. The molecule has 2 aliphatic carbocycles. The summed E-state index contributed by atoms with van der Waals surface area (Å²) in [6, 6.07) is 15.9. The van der Waals surface area contributed by atoms with Gasteiger partial charge in [-0.3, -0.25) is 19.4 Å². The van der Waals surface area contributed by atoms with Crippen molar-refractivity contribution in [3.05, 3.63) is 87.2 Å². The molecule has 0 unspecified atom stereocenters. The zero-order chi connectivity index (χ0) is 42.4. The number of carboxylic acid groups (broad SMARTS) is 1. The van der Waals surface area contributed by atoms with Crippen LogP contribution in [0.5, 0.6) is 11.8 Å². The Labute approximate surface area is 348 Å². The molecule has 3 fully saturated rings. The van der Waals surface area contributed by atoms with E-state index in [1.54, 1.807) is 0 Å². The molecule has 5 aliphatic rings. The minimum Gasteiger partial charge on any atom is -0.481 e. The van der Waals surface area contributed by atoms with Crippen LogP contribution in [-0.2, 0) is 35.2 Å². The second-order valence-electron chi connectivity index (χ2n) is 17.0. The molecule has 1 amide bonds. The van der Waals surface area contributed by atoms with E-state index in [4.69, 9.17) is 18.9 Å². The van der Waals surface area contributed by atoms with Gasteiger partial charge in [0.25, 0.3) is 0 Å². The molecule has 61 heavy (non-hydrogen) atoms. The molecule has 0 saturated carbocycles. The summed E-state index contributed by atoms with van der Waals surface area (Å²) in [7, 11) is 1.34. The van der Waals surface area contributed by atoms with Crippen LogP contribution >= 0.6 is 0 Å². The number of ether oxygens (including phenoxy) is 2. The highest BCUT2D eigenvalue weighted by Gasteiger charge is 2.48. The lowest BCUT2D eigenvalue weighted by Crippen LogP contribution is -2.66. The highest BCUT2D eigenvalue weighted by Crippen LogP contribution is 2.46. The highest BCUT2D eigenvalue weighted by atomic mass is 19.4. The number of nitrogens with zero attached hydrogens (tertiary/aromatic N) is 6. The number of hydrogen-bond acceptors (Lipinski definition) is 11. The van der Waals surface area contributed by atoms with Gasteiger partial charge < -0.3 is 24.3 Å². The molecule has 0 radical (unpaired) electrons. The zero-order valence-corrected chi connectivity index (χ0v) is 33.6. The fraction of sp³-hybridized carbons (Fsp3) is 0.422. The molecule has 2 N–H and O–H groups in total. The first-order valence-electron chi connectivity index (χ1n) is 20.6. The van der Waals surface area contributed by atoms with Gasteiger partial charge in [0.15, 0.2) is 5.58 Å². The predicted molar refractivity (Wildman–Crippen MR) is 213 cm³/mol. The number of carbonyl (C=O) groups excluding carboxylic acids is 1. The second kappa shape index (κ2) is 14.6. The SMILES string of the molecule is COc1nc(O[C@H]2CCc3c(-c4cccc(-c5nc6cc7c(c(C#N)c6o5)CC[C@H]7N5CC[C@@H](C(=O)O)C5)c4C)cccc32)c(C(F)(F)F)nc1CN1CC2(CCC(=O)N2)C1. The summed E-state index contributed by atoms with van der Waals surface area (Å²) in [5.74, 6) is -1.54. The number of aromatic nitrogens is 3. The number of hydrogen-bond donors (Lipinski definition) is 2. The van der Waals surface area contributed by atoms with Crippen LogP contribution in [0.1, 0.15) is 89.0 Å². The lowest BCUT2D eigenvalue weighted by atomic mass is 9.88. The molecule has 16 heteroatoms. The van der Waals surface area contributed by atoms with Crippen LogP contribution in [0.2, 0.25) is 0 Å². The van der Waals surface area contributed by atoms with Crippen molar-refractivity contribution in [1.82, 2.24) is 30.1 Å². The number of benzene rings is 3. The molecule has 1 spiro atoms. The van der Waals surface area contributed by atoms with E-state index in [1.165, 1.54) is 7.11 Å². The molecular weight excluding hydrogens is 792 g/mol. The molecule has 10 rings (SSSR count). The third kappa shape index (κ3) is 6.65. The minimum atomic E-state index is -4.85. The summed E-state index contributed by atoms with van der Waals surface area (Å²) >= 11 is 0. The van der Waals surface area contributed by atoms with E-state index in [2.05, 4.69) is 26.3 Å². The van der Waals surface area contributed by atoms with Crippen molar-refractivity contribution in [2.24, 2.45) is 5.92 Å². The van der Waals surface area contributed by atoms with Crippen molar-refractivity contribution < 1.29 is 41.8 Å². The standard InChI is InChI=1S/C45H42F3N7O6/c1-23-25(5-3-6-26(23)40-51-33-17-31-29(32(18-49)38(33)61-40)9-11-35(31)55-16-14-24(19-55)43(57)58)27-7-4-8-30-28(27)10-12-36(30)60-42-39(45(46,47)48)50-34(41(52-42)59-2)20-54-21-44(22-54)15-13-37(56)53-44/h3-8,17,24,35-36H,9-16,19-22H2,1-2H3,(H,53,56)(H,57,58)/t24-,35-,36+/m1/s1. The highest BCUT2D eigenvalue weighted by molar-refractivity contribution is 5.86. The van der Waals surface area contributed by atoms with Crippen LogP contribution in [0.15, 0.2) is 46.9 Å². The number of fused-ring (bicyclic) bond motifs is 3. The third-order valence-corrected chi connectivity index (χ3v) is 13.3. The van der Waals surface area contributed by atoms with Crippen molar-refractivity contribution in [3.8, 4) is 40.4 Å². The molecule has 3 saturated heterocycles. The van der Waals surface area contributed by atoms with Crippen LogP contribution in [0, 0.1) is 24.2 Å². The maximum Gasteiger partial charge on any atom is 0.438 e. The Morgan fingerprint density at radius 3 is 2.51 bits per heavy atom. The van der Waals surface area contributed by atoms with Gasteiger partial charge >= 0.3 is 12.1 Å². The number of carbonyl (C=O) groups is 2. The van der Waals surface area contributed by atoms with Crippen LogP contribution in [-0.4, -0.2) is 80.6 Å². The Bertz CT molecular complexity index is 2690. The van der Waals surface area contributed by atoms with Crippen molar-refractivity contribution in [2.75, 3.05) is 33.3 Å². The zero-order valence-electron chi connectivity index (χ0n) is 33.6. The smallest absolute Gasteiger partial charge is 0.438 e. The van der Waals surface area contributed by atoms with Gasteiger partial charge in [0, 0.05) is 44.2 Å². The Hall–Kier alpha value is -6.05. The lowest BCUT2D eigenvalue weighted by molar-refractivity contribution is -0.144. The summed E-state index contributed by atoms with van der Waals surface area (Å²) < 4.78 is 61.8. The average molecular weight is 834 g/mol. The van der Waals surface area contributed by atoms with Gasteiger partial charge in [0.05, 0.1) is 18.6 Å². The quantitative estimate of drug-likeness (QED) is 0.155.